The molecule has 2 aliphatic heterocycles. The fraction of sp³-hybridized carbons (Fsp3) is 0.0175. The number of aromatic nitrogens is 1. The zero-order valence-corrected chi connectivity index (χ0v) is 33.5. The number of anilines is 6. The van der Waals surface area contributed by atoms with Crippen molar-refractivity contribution < 1.29 is 0 Å². The molecular formula is C57H36BN3. The minimum atomic E-state index is 0.0338. The highest BCUT2D eigenvalue weighted by molar-refractivity contribution is 7.01. The van der Waals surface area contributed by atoms with Gasteiger partial charge in [-0.1, -0.05) is 152 Å². The van der Waals surface area contributed by atoms with Crippen molar-refractivity contribution in [1.82, 2.24) is 4.57 Å². The van der Waals surface area contributed by atoms with E-state index in [2.05, 4.69) is 222 Å². The van der Waals surface area contributed by atoms with Crippen LogP contribution in [0.25, 0.3) is 75.5 Å². The van der Waals surface area contributed by atoms with Gasteiger partial charge in [0.25, 0.3) is 6.71 Å². The Kier molecular flexibility index (Phi) is 6.57. The van der Waals surface area contributed by atoms with Crippen molar-refractivity contribution in [3.8, 4) is 0 Å². The van der Waals surface area contributed by atoms with Gasteiger partial charge in [-0.3, -0.25) is 4.90 Å². The van der Waals surface area contributed by atoms with Gasteiger partial charge in [0, 0.05) is 41.0 Å². The predicted octanol–water partition coefficient (Wildman–Crippen LogP) is 13.2. The third-order valence-corrected chi connectivity index (χ3v) is 13.9. The van der Waals surface area contributed by atoms with Gasteiger partial charge >= 0.3 is 0 Å². The van der Waals surface area contributed by atoms with Gasteiger partial charge in [0.2, 0.25) is 0 Å². The SMILES string of the molecule is Cn1c2c(c3ccccc31)B1c3ccccc3N(c3ccc4c5ccccc5c5ccccc5c4c3)c3cccc(c31)N2c1ccc2c3ccccc3c3ccccc3c2c1. The summed E-state index contributed by atoms with van der Waals surface area (Å²) in [4.78, 5) is 5.09. The van der Waals surface area contributed by atoms with Crippen molar-refractivity contribution in [3.05, 3.63) is 200 Å². The molecule has 3 heterocycles. The molecule has 0 saturated carbocycles. The minimum absolute atomic E-state index is 0.0338. The van der Waals surface area contributed by atoms with Gasteiger partial charge < -0.3 is 9.47 Å². The Morgan fingerprint density at radius 3 is 1.25 bits per heavy atom. The first-order chi connectivity index (χ1) is 30.2. The standard InChI is InChI=1S/C57H36BN3/c1-59-51-25-12-10-23-47(51)55-57(59)61(36-30-32-46-42-20-5-3-16-38(42)40-18-7-9-22-44(40)49(46)34-36)54-28-14-27-53-56(54)58(55)50-24-11-13-26-52(50)60(53)35-29-31-45-41-19-4-2-15-37(41)39-17-6-8-21-43(39)48(45)33-35/h2-34H,1H3. The number of fused-ring (bicyclic) bond motifs is 18. The van der Waals surface area contributed by atoms with E-state index in [-0.39, 0.29) is 6.71 Å². The minimum Gasteiger partial charge on any atom is -0.330 e. The molecule has 4 heteroatoms. The van der Waals surface area contributed by atoms with Crippen LogP contribution in [0.3, 0.4) is 0 Å². The summed E-state index contributed by atoms with van der Waals surface area (Å²) in [5.41, 5.74) is 11.2. The topological polar surface area (TPSA) is 11.4 Å². The van der Waals surface area contributed by atoms with E-state index in [0.29, 0.717) is 0 Å². The molecule has 0 spiro atoms. The number of rotatable bonds is 2. The summed E-state index contributed by atoms with van der Waals surface area (Å²) < 4.78 is 2.43. The van der Waals surface area contributed by atoms with E-state index in [1.165, 1.54) is 115 Å². The molecule has 0 fully saturated rings. The molecule has 11 aromatic carbocycles. The van der Waals surface area contributed by atoms with Crippen LogP contribution in [-0.2, 0) is 7.05 Å². The molecule has 12 aromatic rings. The highest BCUT2D eigenvalue weighted by atomic mass is 15.3. The Hall–Kier alpha value is -7.82. The lowest BCUT2D eigenvalue weighted by molar-refractivity contribution is 0.951. The molecule has 282 valence electrons. The van der Waals surface area contributed by atoms with Gasteiger partial charge in [-0.05, 0) is 135 Å². The Bertz CT molecular complexity index is 3810. The van der Waals surface area contributed by atoms with Crippen LogP contribution in [0.2, 0.25) is 0 Å². The predicted molar refractivity (Wildman–Crippen MR) is 262 cm³/mol. The second kappa shape index (κ2) is 12.1. The Labute approximate surface area is 353 Å². The van der Waals surface area contributed by atoms with Gasteiger partial charge in [-0.25, -0.2) is 0 Å². The Morgan fingerprint density at radius 1 is 0.311 bits per heavy atom. The van der Waals surface area contributed by atoms with Gasteiger partial charge in [0.15, 0.2) is 0 Å². The van der Waals surface area contributed by atoms with Gasteiger partial charge in [0.1, 0.15) is 5.82 Å². The lowest BCUT2D eigenvalue weighted by Crippen LogP contribution is -2.61. The van der Waals surface area contributed by atoms with E-state index in [9.17, 15) is 0 Å². The maximum atomic E-state index is 2.56. The second-order valence-corrected chi connectivity index (χ2v) is 16.8. The van der Waals surface area contributed by atoms with E-state index >= 15 is 0 Å². The summed E-state index contributed by atoms with van der Waals surface area (Å²) in [6.45, 7) is 0.0338. The van der Waals surface area contributed by atoms with Crippen molar-refractivity contribution in [2.45, 2.75) is 0 Å². The third kappa shape index (κ3) is 4.33. The molecule has 0 amide bonds. The summed E-state index contributed by atoms with van der Waals surface area (Å²) in [6.07, 6.45) is 0. The van der Waals surface area contributed by atoms with Gasteiger partial charge in [-0.15, -0.1) is 0 Å². The summed E-state index contributed by atoms with van der Waals surface area (Å²) in [6, 6.07) is 74.8. The van der Waals surface area contributed by atoms with Crippen LogP contribution in [-0.4, -0.2) is 11.3 Å². The summed E-state index contributed by atoms with van der Waals surface area (Å²) >= 11 is 0. The first-order valence-electron chi connectivity index (χ1n) is 21.3. The first kappa shape index (κ1) is 33.1. The van der Waals surface area contributed by atoms with E-state index < -0.39 is 0 Å². The number of para-hydroxylation sites is 2. The van der Waals surface area contributed by atoms with Crippen molar-refractivity contribution in [1.29, 1.82) is 0 Å². The molecule has 0 atom stereocenters. The van der Waals surface area contributed by atoms with E-state index in [0.717, 1.165) is 11.4 Å². The van der Waals surface area contributed by atoms with Gasteiger partial charge in [0.05, 0.1) is 0 Å². The van der Waals surface area contributed by atoms with Crippen LogP contribution in [0.5, 0.6) is 0 Å². The lowest BCUT2D eigenvalue weighted by Gasteiger charge is -2.43. The van der Waals surface area contributed by atoms with Crippen LogP contribution in [0.1, 0.15) is 0 Å². The molecule has 0 aliphatic carbocycles. The fourth-order valence-corrected chi connectivity index (χ4v) is 11.4. The molecular weight excluding hydrogens is 737 g/mol. The molecule has 3 nitrogen and oxygen atoms in total. The van der Waals surface area contributed by atoms with Crippen molar-refractivity contribution >= 4 is 133 Å². The summed E-state index contributed by atoms with van der Waals surface area (Å²) in [7, 11) is 2.25. The van der Waals surface area contributed by atoms with Crippen LogP contribution >= 0.6 is 0 Å². The highest BCUT2D eigenvalue weighted by Crippen LogP contribution is 2.48. The number of aryl methyl sites for hydroxylation is 1. The fourth-order valence-electron chi connectivity index (χ4n) is 11.4. The van der Waals surface area contributed by atoms with E-state index in [4.69, 9.17) is 0 Å². The number of benzene rings is 11. The van der Waals surface area contributed by atoms with Crippen LogP contribution in [0.15, 0.2) is 200 Å². The maximum Gasteiger partial charge on any atom is 0.255 e. The van der Waals surface area contributed by atoms with Crippen molar-refractivity contribution in [3.63, 3.8) is 0 Å². The maximum absolute atomic E-state index is 2.56. The molecule has 0 radical (unpaired) electrons. The van der Waals surface area contributed by atoms with Crippen molar-refractivity contribution in [2.75, 3.05) is 9.80 Å². The first-order valence-corrected chi connectivity index (χ1v) is 21.3. The van der Waals surface area contributed by atoms with E-state index in [1.807, 2.05) is 0 Å². The Morgan fingerprint density at radius 2 is 0.705 bits per heavy atom. The highest BCUT2D eigenvalue weighted by Gasteiger charge is 2.45. The van der Waals surface area contributed by atoms with Gasteiger partial charge in [-0.2, -0.15) is 0 Å². The van der Waals surface area contributed by atoms with Crippen molar-refractivity contribution in [2.24, 2.45) is 7.05 Å². The number of hydrogen-bond acceptors (Lipinski definition) is 2. The Balaban J connectivity index is 1.07. The molecule has 1 aromatic heterocycles. The summed E-state index contributed by atoms with van der Waals surface area (Å²) in [5.74, 6) is 1.22. The molecule has 0 bridgehead atoms. The van der Waals surface area contributed by atoms with E-state index in [1.54, 1.807) is 0 Å². The second-order valence-electron chi connectivity index (χ2n) is 16.8. The molecule has 0 unspecified atom stereocenters. The molecule has 0 N–H and O–H groups in total. The number of hydrogen-bond donors (Lipinski definition) is 0. The quantitative estimate of drug-likeness (QED) is 0.128. The normalized spacial score (nSPS) is 13.2. The molecule has 61 heavy (non-hydrogen) atoms. The lowest BCUT2D eigenvalue weighted by atomic mass is 9.33. The zero-order chi connectivity index (χ0) is 39.9. The largest absolute Gasteiger partial charge is 0.330 e. The average Bonchev–Trinajstić information content (AvgIpc) is 3.62. The number of nitrogens with zero attached hydrogens (tertiary/aromatic N) is 3. The molecule has 0 saturated heterocycles. The summed E-state index contributed by atoms with van der Waals surface area (Å²) in [5, 5.41) is 16.7. The monoisotopic (exact) mass is 773 g/mol. The third-order valence-electron chi connectivity index (χ3n) is 13.9. The molecule has 2 aliphatic rings. The zero-order valence-electron chi connectivity index (χ0n) is 33.5. The van der Waals surface area contributed by atoms with Crippen LogP contribution in [0.4, 0.5) is 34.3 Å². The van der Waals surface area contributed by atoms with Crippen LogP contribution < -0.4 is 26.2 Å². The average molecular weight is 774 g/mol. The molecule has 14 rings (SSSR count). The smallest absolute Gasteiger partial charge is 0.255 e. The van der Waals surface area contributed by atoms with Crippen LogP contribution in [0, 0.1) is 0 Å².